The van der Waals surface area contributed by atoms with Crippen LogP contribution >= 0.6 is 0 Å². The maximum Gasteiger partial charge on any atom is 0.0852 e. The molecule has 1 saturated carbocycles. The highest BCUT2D eigenvalue weighted by Crippen LogP contribution is 2.43. The van der Waals surface area contributed by atoms with Gasteiger partial charge in [0.25, 0.3) is 0 Å². The summed E-state index contributed by atoms with van der Waals surface area (Å²) in [6.45, 7) is 2.29. The van der Waals surface area contributed by atoms with Crippen molar-refractivity contribution in [2.75, 3.05) is 20.1 Å². The smallest absolute Gasteiger partial charge is 0.0852 e. The minimum Gasteiger partial charge on any atom is -0.312 e. The number of rotatable bonds is 4. The van der Waals surface area contributed by atoms with Crippen molar-refractivity contribution in [1.82, 2.24) is 10.2 Å². The first kappa shape index (κ1) is 13.6. The minimum absolute atomic E-state index is 0.249. The van der Waals surface area contributed by atoms with Crippen LogP contribution in [0.15, 0.2) is 30.3 Å². The Balaban J connectivity index is 1.53. The van der Waals surface area contributed by atoms with E-state index in [0.29, 0.717) is 12.1 Å². The summed E-state index contributed by atoms with van der Waals surface area (Å²) in [6.07, 6.45) is 4.52. The molecule has 1 unspecified atom stereocenters. The van der Waals surface area contributed by atoms with Crippen LogP contribution in [0.5, 0.6) is 0 Å². The first-order valence-electron chi connectivity index (χ1n) is 7.64. The van der Waals surface area contributed by atoms with Crippen LogP contribution in [0.3, 0.4) is 0 Å². The summed E-state index contributed by atoms with van der Waals surface area (Å²) in [6, 6.07) is 14.0. The summed E-state index contributed by atoms with van der Waals surface area (Å²) < 4.78 is 0. The van der Waals surface area contributed by atoms with Crippen LogP contribution in [0.25, 0.3) is 0 Å². The maximum absolute atomic E-state index is 9.54. The molecule has 1 saturated heterocycles. The molecule has 20 heavy (non-hydrogen) atoms. The second-order valence-electron chi connectivity index (χ2n) is 6.35. The van der Waals surface area contributed by atoms with Crippen molar-refractivity contribution in [1.29, 1.82) is 5.26 Å². The monoisotopic (exact) mass is 269 g/mol. The van der Waals surface area contributed by atoms with Gasteiger partial charge in [-0.1, -0.05) is 30.3 Å². The van der Waals surface area contributed by atoms with Crippen molar-refractivity contribution in [3.63, 3.8) is 0 Å². The van der Waals surface area contributed by atoms with E-state index in [1.54, 1.807) is 0 Å². The molecule has 1 aromatic carbocycles. The molecule has 3 nitrogen and oxygen atoms in total. The standard InChI is InChI=1S/C17H23N3/c1-20-9-5-8-16(20)12-19-15-10-17(11-15,13-18)14-6-3-2-4-7-14/h2-4,6-7,15-16,19H,5,8-12H2,1H3. The van der Waals surface area contributed by atoms with E-state index in [-0.39, 0.29) is 5.41 Å². The summed E-state index contributed by atoms with van der Waals surface area (Å²) in [5.74, 6) is 0. The lowest BCUT2D eigenvalue weighted by molar-refractivity contribution is 0.205. The number of hydrogen-bond donors (Lipinski definition) is 1. The zero-order chi connectivity index (χ0) is 14.0. The quantitative estimate of drug-likeness (QED) is 0.911. The Morgan fingerprint density at radius 2 is 2.10 bits per heavy atom. The molecule has 3 rings (SSSR count). The van der Waals surface area contributed by atoms with Crippen molar-refractivity contribution in [2.45, 2.75) is 43.2 Å². The van der Waals surface area contributed by atoms with Gasteiger partial charge in [-0.25, -0.2) is 0 Å². The highest BCUT2D eigenvalue weighted by molar-refractivity contribution is 5.36. The molecule has 2 aliphatic rings. The molecule has 1 aliphatic heterocycles. The van der Waals surface area contributed by atoms with E-state index >= 15 is 0 Å². The fourth-order valence-corrected chi connectivity index (χ4v) is 3.61. The molecule has 0 aromatic heterocycles. The average molecular weight is 269 g/mol. The third-order valence-electron chi connectivity index (χ3n) is 5.04. The molecule has 1 N–H and O–H groups in total. The Kier molecular flexibility index (Phi) is 3.78. The highest BCUT2D eigenvalue weighted by atomic mass is 15.2. The van der Waals surface area contributed by atoms with Crippen molar-refractivity contribution in [3.05, 3.63) is 35.9 Å². The lowest BCUT2D eigenvalue weighted by Crippen LogP contribution is -2.53. The molecule has 1 aliphatic carbocycles. The van der Waals surface area contributed by atoms with Gasteiger partial charge in [0, 0.05) is 18.6 Å². The third-order valence-corrected chi connectivity index (χ3v) is 5.04. The highest BCUT2D eigenvalue weighted by Gasteiger charge is 2.46. The number of nitrogens with one attached hydrogen (secondary N) is 1. The van der Waals surface area contributed by atoms with Crippen LogP contribution in [0.1, 0.15) is 31.2 Å². The Hall–Kier alpha value is -1.37. The molecule has 1 atom stereocenters. The molecule has 1 aromatic rings. The number of benzene rings is 1. The zero-order valence-electron chi connectivity index (χ0n) is 12.2. The van der Waals surface area contributed by atoms with Crippen LogP contribution in [0.4, 0.5) is 0 Å². The second-order valence-corrected chi connectivity index (χ2v) is 6.35. The fourth-order valence-electron chi connectivity index (χ4n) is 3.61. The van der Waals surface area contributed by atoms with E-state index in [0.717, 1.165) is 19.4 Å². The van der Waals surface area contributed by atoms with Gasteiger partial charge < -0.3 is 10.2 Å². The van der Waals surface area contributed by atoms with E-state index in [2.05, 4.69) is 35.5 Å². The largest absolute Gasteiger partial charge is 0.312 e. The predicted molar refractivity (Wildman–Crippen MR) is 80.4 cm³/mol. The van der Waals surface area contributed by atoms with Crippen molar-refractivity contribution < 1.29 is 0 Å². The summed E-state index contributed by atoms with van der Waals surface area (Å²) >= 11 is 0. The van der Waals surface area contributed by atoms with Crippen molar-refractivity contribution >= 4 is 0 Å². The van der Waals surface area contributed by atoms with Crippen molar-refractivity contribution in [3.8, 4) is 6.07 Å². The van der Waals surface area contributed by atoms with Crippen LogP contribution in [-0.4, -0.2) is 37.1 Å². The summed E-state index contributed by atoms with van der Waals surface area (Å²) in [5, 5.41) is 13.2. The average Bonchev–Trinajstić information content (AvgIpc) is 2.84. The van der Waals surface area contributed by atoms with Crippen LogP contribution in [0, 0.1) is 11.3 Å². The number of nitrogens with zero attached hydrogens (tertiary/aromatic N) is 2. The molecule has 106 valence electrons. The first-order chi connectivity index (χ1) is 9.73. The predicted octanol–water partition coefficient (Wildman–Crippen LogP) is 2.29. The summed E-state index contributed by atoms with van der Waals surface area (Å²) in [5.41, 5.74) is 0.930. The van der Waals surface area contributed by atoms with E-state index in [1.807, 2.05) is 18.2 Å². The molecule has 0 bridgehead atoms. The van der Waals surface area contributed by atoms with Gasteiger partial charge in [0.1, 0.15) is 0 Å². The van der Waals surface area contributed by atoms with E-state index in [9.17, 15) is 5.26 Å². The summed E-state index contributed by atoms with van der Waals surface area (Å²) in [7, 11) is 2.21. The molecule has 2 fully saturated rings. The third kappa shape index (κ3) is 2.46. The van der Waals surface area contributed by atoms with Gasteiger partial charge in [-0.3, -0.25) is 0 Å². The fraction of sp³-hybridized carbons (Fsp3) is 0.588. The van der Waals surface area contributed by atoms with Crippen LogP contribution in [-0.2, 0) is 5.41 Å². The molecule has 3 heteroatoms. The zero-order valence-corrected chi connectivity index (χ0v) is 12.2. The summed E-state index contributed by atoms with van der Waals surface area (Å²) in [4.78, 5) is 2.44. The Labute approximate surface area is 121 Å². The number of likely N-dealkylation sites (tertiary alicyclic amines) is 1. The minimum atomic E-state index is -0.249. The molecule has 0 spiro atoms. The molecular formula is C17H23N3. The molecular weight excluding hydrogens is 246 g/mol. The van der Waals surface area contributed by atoms with Gasteiger partial charge in [-0.15, -0.1) is 0 Å². The molecule has 1 heterocycles. The van der Waals surface area contributed by atoms with Gasteiger partial charge in [0.05, 0.1) is 11.5 Å². The van der Waals surface area contributed by atoms with E-state index in [4.69, 9.17) is 0 Å². The first-order valence-corrected chi connectivity index (χ1v) is 7.64. The number of hydrogen-bond acceptors (Lipinski definition) is 3. The van der Waals surface area contributed by atoms with Gasteiger partial charge >= 0.3 is 0 Å². The Morgan fingerprint density at radius 3 is 2.70 bits per heavy atom. The maximum atomic E-state index is 9.54. The van der Waals surface area contributed by atoms with Crippen LogP contribution < -0.4 is 5.32 Å². The van der Waals surface area contributed by atoms with E-state index < -0.39 is 0 Å². The number of nitriles is 1. The SMILES string of the molecule is CN1CCCC1CNC1CC(C#N)(c2ccccc2)C1. The van der Waals surface area contributed by atoms with Crippen molar-refractivity contribution in [2.24, 2.45) is 0 Å². The lowest BCUT2D eigenvalue weighted by Gasteiger charge is -2.44. The normalized spacial score (nSPS) is 33.6. The molecule has 0 radical (unpaired) electrons. The van der Waals surface area contributed by atoms with Gasteiger partial charge in [-0.05, 0) is 44.8 Å². The Bertz CT molecular complexity index is 485. The molecule has 0 amide bonds. The topological polar surface area (TPSA) is 39.1 Å². The lowest BCUT2D eigenvalue weighted by atomic mass is 9.62. The van der Waals surface area contributed by atoms with Crippen LogP contribution in [0.2, 0.25) is 0 Å². The second kappa shape index (κ2) is 5.55. The Morgan fingerprint density at radius 1 is 1.35 bits per heavy atom. The van der Waals surface area contributed by atoms with E-state index in [1.165, 1.54) is 24.9 Å². The number of likely N-dealkylation sites (N-methyl/N-ethyl adjacent to an activating group) is 1. The van der Waals surface area contributed by atoms with Gasteiger partial charge in [0.15, 0.2) is 0 Å². The van der Waals surface area contributed by atoms with Gasteiger partial charge in [0.2, 0.25) is 0 Å². The van der Waals surface area contributed by atoms with Gasteiger partial charge in [-0.2, -0.15) is 5.26 Å².